The second kappa shape index (κ2) is 6.30. The van der Waals surface area contributed by atoms with Crippen LogP contribution in [0.2, 0.25) is 0 Å². The van der Waals surface area contributed by atoms with Crippen molar-refractivity contribution in [3.8, 4) is 6.07 Å². The zero-order valence-electron chi connectivity index (χ0n) is 12.5. The van der Waals surface area contributed by atoms with Crippen LogP contribution in [0, 0.1) is 11.3 Å². The minimum atomic E-state index is 0.614. The molecule has 1 aromatic heterocycles. The normalized spacial score (nSPS) is 17.7. The number of nitrogens with one attached hydrogen (secondary N) is 1. The molecule has 0 radical (unpaired) electrons. The molecule has 0 amide bonds. The Hall–Kier alpha value is -1.83. The van der Waals surface area contributed by atoms with Gasteiger partial charge in [0.2, 0.25) is 0 Å². The van der Waals surface area contributed by atoms with Crippen molar-refractivity contribution in [2.24, 2.45) is 0 Å². The van der Waals surface area contributed by atoms with Gasteiger partial charge in [0.15, 0.2) is 0 Å². The summed E-state index contributed by atoms with van der Waals surface area (Å²) in [5, 5.41) is 13.5. The van der Waals surface area contributed by atoms with E-state index in [4.69, 9.17) is 5.26 Å². The number of piperazine rings is 1. The maximum Gasteiger partial charge on any atom is 0.0991 e. The number of aromatic nitrogens is 1. The molecular weight excluding hydrogens is 260 g/mol. The standard InChI is InChI=1S/C17H22N4/c1-14(20-10-6-19-7-11-20)4-8-21-9-5-16-12-15(13-18)2-3-17(16)21/h2-3,5,9,12,14,19H,4,6-8,10-11H2,1H3. The predicted molar refractivity (Wildman–Crippen MR) is 85.2 cm³/mol. The van der Waals surface area contributed by atoms with Crippen molar-refractivity contribution in [3.05, 3.63) is 36.0 Å². The first-order chi connectivity index (χ1) is 10.3. The SMILES string of the molecule is CC(CCn1ccc2cc(C#N)ccc21)N1CCNCC1. The van der Waals surface area contributed by atoms with Crippen LogP contribution in [0.5, 0.6) is 0 Å². The van der Waals surface area contributed by atoms with Gasteiger partial charge in [-0.3, -0.25) is 4.90 Å². The summed E-state index contributed by atoms with van der Waals surface area (Å²) >= 11 is 0. The largest absolute Gasteiger partial charge is 0.347 e. The van der Waals surface area contributed by atoms with Crippen molar-refractivity contribution < 1.29 is 0 Å². The number of benzene rings is 1. The second-order valence-electron chi connectivity index (χ2n) is 5.82. The van der Waals surface area contributed by atoms with E-state index in [1.54, 1.807) is 0 Å². The molecule has 4 nitrogen and oxygen atoms in total. The van der Waals surface area contributed by atoms with E-state index in [1.165, 1.54) is 5.52 Å². The van der Waals surface area contributed by atoms with Gasteiger partial charge in [-0.15, -0.1) is 0 Å². The molecule has 1 unspecified atom stereocenters. The van der Waals surface area contributed by atoms with Crippen LogP contribution in [-0.2, 0) is 6.54 Å². The number of rotatable bonds is 4. The van der Waals surface area contributed by atoms with Gasteiger partial charge in [0.1, 0.15) is 0 Å². The van der Waals surface area contributed by atoms with Crippen molar-refractivity contribution in [1.29, 1.82) is 5.26 Å². The lowest BCUT2D eigenvalue weighted by molar-refractivity contribution is 0.172. The third-order valence-electron chi connectivity index (χ3n) is 4.46. The molecule has 0 aliphatic carbocycles. The van der Waals surface area contributed by atoms with E-state index in [9.17, 15) is 0 Å². The first kappa shape index (κ1) is 14.1. The number of aryl methyl sites for hydroxylation is 1. The highest BCUT2D eigenvalue weighted by atomic mass is 15.2. The highest BCUT2D eigenvalue weighted by Gasteiger charge is 2.16. The van der Waals surface area contributed by atoms with Gasteiger partial charge in [0, 0.05) is 55.9 Å². The molecule has 2 aromatic rings. The molecule has 0 spiro atoms. The fourth-order valence-electron chi connectivity index (χ4n) is 3.10. The fourth-order valence-corrected chi connectivity index (χ4v) is 3.10. The molecule has 1 aromatic carbocycles. The van der Waals surface area contributed by atoms with Crippen LogP contribution in [0.1, 0.15) is 18.9 Å². The molecule has 21 heavy (non-hydrogen) atoms. The lowest BCUT2D eigenvalue weighted by atomic mass is 10.1. The van der Waals surface area contributed by atoms with Crippen LogP contribution in [0.25, 0.3) is 10.9 Å². The average Bonchev–Trinajstić information content (AvgIpc) is 2.95. The Morgan fingerprint density at radius 3 is 2.86 bits per heavy atom. The highest BCUT2D eigenvalue weighted by Crippen LogP contribution is 2.18. The van der Waals surface area contributed by atoms with E-state index < -0.39 is 0 Å². The number of hydrogen-bond donors (Lipinski definition) is 1. The van der Waals surface area contributed by atoms with Gasteiger partial charge in [0.25, 0.3) is 0 Å². The van der Waals surface area contributed by atoms with Gasteiger partial charge < -0.3 is 9.88 Å². The maximum absolute atomic E-state index is 8.96. The van der Waals surface area contributed by atoms with E-state index in [2.05, 4.69) is 46.1 Å². The van der Waals surface area contributed by atoms with Crippen LogP contribution >= 0.6 is 0 Å². The van der Waals surface area contributed by atoms with Gasteiger partial charge >= 0.3 is 0 Å². The summed E-state index contributed by atoms with van der Waals surface area (Å²) in [7, 11) is 0. The predicted octanol–water partition coefficient (Wildman–Crippen LogP) is 2.20. The third-order valence-corrected chi connectivity index (χ3v) is 4.46. The molecule has 0 bridgehead atoms. The van der Waals surface area contributed by atoms with Crippen LogP contribution in [0.3, 0.4) is 0 Å². The van der Waals surface area contributed by atoms with Gasteiger partial charge in [-0.1, -0.05) is 0 Å². The van der Waals surface area contributed by atoms with Crippen molar-refractivity contribution >= 4 is 10.9 Å². The van der Waals surface area contributed by atoms with Crippen LogP contribution < -0.4 is 5.32 Å². The maximum atomic E-state index is 8.96. The third kappa shape index (κ3) is 3.10. The van der Waals surface area contributed by atoms with Gasteiger partial charge in [-0.2, -0.15) is 5.26 Å². The molecule has 1 saturated heterocycles. The molecule has 110 valence electrons. The monoisotopic (exact) mass is 282 g/mol. The minimum absolute atomic E-state index is 0.614. The first-order valence-electron chi connectivity index (χ1n) is 7.72. The van der Waals surface area contributed by atoms with Gasteiger partial charge in [-0.05, 0) is 37.6 Å². The lowest BCUT2D eigenvalue weighted by Crippen LogP contribution is -2.47. The van der Waals surface area contributed by atoms with E-state index in [0.29, 0.717) is 6.04 Å². The molecule has 1 atom stereocenters. The molecular formula is C17H22N4. The molecule has 1 aliphatic heterocycles. The number of hydrogen-bond acceptors (Lipinski definition) is 3. The van der Waals surface area contributed by atoms with Crippen LogP contribution in [0.15, 0.2) is 30.5 Å². The number of nitriles is 1. The fraction of sp³-hybridized carbons (Fsp3) is 0.471. The molecule has 1 fully saturated rings. The Kier molecular flexibility index (Phi) is 4.23. The Bertz CT molecular complexity index is 646. The average molecular weight is 282 g/mol. The minimum Gasteiger partial charge on any atom is -0.347 e. The molecule has 2 heterocycles. The Labute approximate surface area is 126 Å². The number of fused-ring (bicyclic) bond motifs is 1. The first-order valence-corrected chi connectivity index (χ1v) is 7.72. The van der Waals surface area contributed by atoms with Crippen LogP contribution in [-0.4, -0.2) is 41.7 Å². The van der Waals surface area contributed by atoms with E-state index in [-0.39, 0.29) is 0 Å². The van der Waals surface area contributed by atoms with Crippen molar-refractivity contribution in [2.45, 2.75) is 25.9 Å². The topological polar surface area (TPSA) is 44.0 Å². The zero-order valence-corrected chi connectivity index (χ0v) is 12.5. The quantitative estimate of drug-likeness (QED) is 0.935. The second-order valence-corrected chi connectivity index (χ2v) is 5.82. The Balaban J connectivity index is 1.66. The summed E-state index contributed by atoms with van der Waals surface area (Å²) in [6, 6.07) is 10.8. The highest BCUT2D eigenvalue weighted by molar-refractivity contribution is 5.81. The molecule has 1 aliphatic rings. The molecule has 1 N–H and O–H groups in total. The van der Waals surface area contributed by atoms with Gasteiger partial charge in [-0.25, -0.2) is 0 Å². The van der Waals surface area contributed by atoms with Gasteiger partial charge in [0.05, 0.1) is 11.6 Å². The van der Waals surface area contributed by atoms with Crippen molar-refractivity contribution in [1.82, 2.24) is 14.8 Å². The van der Waals surface area contributed by atoms with Crippen molar-refractivity contribution in [3.63, 3.8) is 0 Å². The summed E-state index contributed by atoms with van der Waals surface area (Å²) < 4.78 is 2.30. The number of nitrogens with zero attached hydrogens (tertiary/aromatic N) is 3. The summed E-state index contributed by atoms with van der Waals surface area (Å²) in [4.78, 5) is 2.57. The zero-order chi connectivity index (χ0) is 14.7. The smallest absolute Gasteiger partial charge is 0.0991 e. The van der Waals surface area contributed by atoms with Crippen molar-refractivity contribution in [2.75, 3.05) is 26.2 Å². The van der Waals surface area contributed by atoms with E-state index >= 15 is 0 Å². The summed E-state index contributed by atoms with van der Waals surface area (Å²) in [5.41, 5.74) is 1.95. The summed E-state index contributed by atoms with van der Waals surface area (Å²) in [5.74, 6) is 0. The molecule has 0 saturated carbocycles. The summed E-state index contributed by atoms with van der Waals surface area (Å²) in [6.45, 7) is 7.87. The summed E-state index contributed by atoms with van der Waals surface area (Å²) in [6.07, 6.45) is 3.29. The van der Waals surface area contributed by atoms with Crippen LogP contribution in [0.4, 0.5) is 0 Å². The van der Waals surface area contributed by atoms with E-state index in [1.807, 2.05) is 12.1 Å². The Morgan fingerprint density at radius 2 is 2.10 bits per heavy atom. The molecule has 3 rings (SSSR count). The lowest BCUT2D eigenvalue weighted by Gasteiger charge is -2.32. The Morgan fingerprint density at radius 1 is 1.29 bits per heavy atom. The van der Waals surface area contributed by atoms with E-state index in [0.717, 1.165) is 50.1 Å². The molecule has 4 heteroatoms.